The molecule has 2 N–H and O–H groups in total. The number of nitriles is 1. The van der Waals surface area contributed by atoms with Crippen molar-refractivity contribution in [1.82, 2.24) is 9.88 Å². The first-order valence-electron chi connectivity index (χ1n) is 4.62. The number of aromatic carboxylic acids is 1. The molecule has 1 amide bonds. The number of nitrogens with one attached hydrogen (secondary N) is 1. The van der Waals surface area contributed by atoms with E-state index in [0.717, 1.165) is 10.6 Å². The van der Waals surface area contributed by atoms with Gasteiger partial charge >= 0.3 is 5.97 Å². The van der Waals surface area contributed by atoms with Crippen LogP contribution in [0.1, 0.15) is 10.4 Å². The quantitative estimate of drug-likeness (QED) is 0.662. The lowest BCUT2D eigenvalue weighted by Gasteiger charge is -2.05. The van der Waals surface area contributed by atoms with Gasteiger partial charge < -0.3 is 15.0 Å². The summed E-state index contributed by atoms with van der Waals surface area (Å²) in [6, 6.07) is 3.88. The maximum absolute atomic E-state index is 11.4. The van der Waals surface area contributed by atoms with Crippen molar-refractivity contribution >= 4 is 11.9 Å². The number of carboxylic acids is 1. The van der Waals surface area contributed by atoms with Crippen LogP contribution in [0.25, 0.3) is 0 Å². The number of pyridine rings is 1. The SMILES string of the molecule is N#CCNC(=O)Cn1ccc(C(=O)O)cc1=O. The molecule has 0 saturated carbocycles. The Hall–Kier alpha value is -2.62. The molecule has 88 valence electrons. The molecular formula is C10H9N3O4. The second-order valence-electron chi connectivity index (χ2n) is 3.12. The summed E-state index contributed by atoms with van der Waals surface area (Å²) in [5, 5.41) is 19.1. The van der Waals surface area contributed by atoms with E-state index in [9.17, 15) is 14.4 Å². The lowest BCUT2D eigenvalue weighted by atomic mass is 10.3. The Morgan fingerprint density at radius 2 is 2.24 bits per heavy atom. The van der Waals surface area contributed by atoms with Crippen LogP contribution < -0.4 is 10.9 Å². The summed E-state index contributed by atoms with van der Waals surface area (Å²) < 4.78 is 1.05. The van der Waals surface area contributed by atoms with E-state index in [1.54, 1.807) is 6.07 Å². The van der Waals surface area contributed by atoms with Gasteiger partial charge in [0.1, 0.15) is 13.1 Å². The van der Waals surface area contributed by atoms with Crippen molar-refractivity contribution in [3.05, 3.63) is 34.2 Å². The Balaban J connectivity index is 2.80. The van der Waals surface area contributed by atoms with Crippen LogP contribution in [0.5, 0.6) is 0 Å². The standard InChI is InChI=1S/C10H9N3O4/c11-2-3-12-8(14)6-13-4-1-7(10(16)17)5-9(13)15/h1,4-5H,3,6H2,(H,12,14)(H,16,17). The van der Waals surface area contributed by atoms with Gasteiger partial charge in [-0.3, -0.25) is 9.59 Å². The van der Waals surface area contributed by atoms with E-state index in [1.165, 1.54) is 12.3 Å². The number of hydrogen-bond donors (Lipinski definition) is 2. The molecule has 0 radical (unpaired) electrons. The van der Waals surface area contributed by atoms with E-state index in [4.69, 9.17) is 10.4 Å². The lowest BCUT2D eigenvalue weighted by molar-refractivity contribution is -0.121. The van der Waals surface area contributed by atoms with Crippen molar-refractivity contribution in [2.75, 3.05) is 6.54 Å². The fourth-order valence-electron chi connectivity index (χ4n) is 1.12. The van der Waals surface area contributed by atoms with Crippen LogP contribution in [-0.2, 0) is 11.3 Å². The molecule has 0 atom stereocenters. The van der Waals surface area contributed by atoms with Crippen LogP contribution in [0.15, 0.2) is 23.1 Å². The van der Waals surface area contributed by atoms with Gasteiger partial charge in [0.05, 0.1) is 11.6 Å². The smallest absolute Gasteiger partial charge is 0.335 e. The fourth-order valence-corrected chi connectivity index (χ4v) is 1.12. The highest BCUT2D eigenvalue weighted by Crippen LogP contribution is 1.94. The third-order valence-electron chi connectivity index (χ3n) is 1.92. The van der Waals surface area contributed by atoms with Gasteiger partial charge in [-0.15, -0.1) is 0 Å². The molecule has 1 rings (SSSR count). The minimum atomic E-state index is -1.21. The molecule has 7 nitrogen and oxygen atoms in total. The predicted molar refractivity (Wildman–Crippen MR) is 56.3 cm³/mol. The van der Waals surface area contributed by atoms with E-state index in [-0.39, 0.29) is 18.7 Å². The second-order valence-corrected chi connectivity index (χ2v) is 3.12. The Bertz CT molecular complexity index is 541. The largest absolute Gasteiger partial charge is 0.478 e. The van der Waals surface area contributed by atoms with Crippen molar-refractivity contribution < 1.29 is 14.7 Å². The highest BCUT2D eigenvalue weighted by molar-refractivity contribution is 5.87. The number of rotatable bonds is 4. The molecule has 1 aromatic heterocycles. The molecule has 0 bridgehead atoms. The van der Waals surface area contributed by atoms with Gasteiger partial charge in [0.25, 0.3) is 5.56 Å². The summed E-state index contributed by atoms with van der Waals surface area (Å²) >= 11 is 0. The molecule has 1 aromatic rings. The summed E-state index contributed by atoms with van der Waals surface area (Å²) in [6.45, 7) is -0.388. The molecule has 0 aliphatic rings. The Morgan fingerprint density at radius 3 is 2.76 bits per heavy atom. The van der Waals surface area contributed by atoms with Crippen molar-refractivity contribution in [1.29, 1.82) is 5.26 Å². The zero-order valence-corrected chi connectivity index (χ0v) is 8.71. The Labute approximate surface area is 95.9 Å². The molecule has 0 aliphatic heterocycles. The van der Waals surface area contributed by atoms with Gasteiger partial charge in [0.2, 0.25) is 5.91 Å². The number of carbonyl (C=O) groups excluding carboxylic acids is 1. The Morgan fingerprint density at radius 1 is 1.53 bits per heavy atom. The van der Waals surface area contributed by atoms with Crippen molar-refractivity contribution in [3.8, 4) is 6.07 Å². The second kappa shape index (κ2) is 5.46. The Kier molecular flexibility index (Phi) is 4.00. The number of aromatic nitrogens is 1. The molecule has 0 aromatic carbocycles. The van der Waals surface area contributed by atoms with E-state index >= 15 is 0 Å². The van der Waals surface area contributed by atoms with E-state index in [0.29, 0.717) is 0 Å². The van der Waals surface area contributed by atoms with Gasteiger partial charge in [-0.25, -0.2) is 4.79 Å². The van der Waals surface area contributed by atoms with Gasteiger partial charge in [0, 0.05) is 12.3 Å². The lowest BCUT2D eigenvalue weighted by Crippen LogP contribution is -2.32. The molecule has 1 heterocycles. The van der Waals surface area contributed by atoms with E-state index in [1.807, 2.05) is 0 Å². The minimum absolute atomic E-state index is 0.135. The summed E-state index contributed by atoms with van der Waals surface area (Å²) in [5.41, 5.74) is -0.722. The summed E-state index contributed by atoms with van der Waals surface area (Å²) in [6.07, 6.45) is 1.22. The van der Waals surface area contributed by atoms with Crippen LogP contribution in [0.2, 0.25) is 0 Å². The van der Waals surface area contributed by atoms with Gasteiger partial charge in [-0.2, -0.15) is 5.26 Å². The van der Waals surface area contributed by atoms with E-state index < -0.39 is 17.4 Å². The molecule has 7 heteroatoms. The topological polar surface area (TPSA) is 112 Å². The first-order valence-corrected chi connectivity index (χ1v) is 4.62. The van der Waals surface area contributed by atoms with Gasteiger partial charge in [0.15, 0.2) is 0 Å². The monoisotopic (exact) mass is 235 g/mol. The maximum atomic E-state index is 11.4. The molecule has 17 heavy (non-hydrogen) atoms. The third kappa shape index (κ3) is 3.46. The first-order chi connectivity index (χ1) is 8.04. The summed E-state index contributed by atoms with van der Waals surface area (Å²) in [4.78, 5) is 33.2. The zero-order valence-electron chi connectivity index (χ0n) is 8.71. The van der Waals surface area contributed by atoms with Crippen LogP contribution in [0.4, 0.5) is 0 Å². The van der Waals surface area contributed by atoms with Crippen molar-refractivity contribution in [2.24, 2.45) is 0 Å². The molecular weight excluding hydrogens is 226 g/mol. The molecule has 0 spiro atoms. The van der Waals surface area contributed by atoms with E-state index in [2.05, 4.69) is 5.32 Å². The zero-order chi connectivity index (χ0) is 12.8. The number of nitrogens with zero attached hydrogens (tertiary/aromatic N) is 2. The highest BCUT2D eigenvalue weighted by Gasteiger charge is 2.07. The van der Waals surface area contributed by atoms with Crippen LogP contribution >= 0.6 is 0 Å². The number of carboxylic acid groups (broad SMARTS) is 1. The molecule has 0 aliphatic carbocycles. The predicted octanol–water partition coefficient (Wildman–Crippen LogP) is -0.814. The normalized spacial score (nSPS) is 9.35. The maximum Gasteiger partial charge on any atom is 0.335 e. The van der Waals surface area contributed by atoms with Gasteiger partial charge in [-0.1, -0.05) is 0 Å². The van der Waals surface area contributed by atoms with Gasteiger partial charge in [-0.05, 0) is 6.07 Å². The molecule has 0 unspecified atom stereocenters. The average Bonchev–Trinajstić information content (AvgIpc) is 2.28. The van der Waals surface area contributed by atoms with Crippen LogP contribution in [-0.4, -0.2) is 28.1 Å². The summed E-state index contributed by atoms with van der Waals surface area (Å²) in [5.74, 6) is -1.69. The molecule has 0 saturated heterocycles. The van der Waals surface area contributed by atoms with Crippen LogP contribution in [0.3, 0.4) is 0 Å². The van der Waals surface area contributed by atoms with Crippen molar-refractivity contribution in [3.63, 3.8) is 0 Å². The number of hydrogen-bond acceptors (Lipinski definition) is 4. The molecule has 0 fully saturated rings. The van der Waals surface area contributed by atoms with Crippen molar-refractivity contribution in [2.45, 2.75) is 6.54 Å². The first kappa shape index (κ1) is 12.4. The number of amides is 1. The fraction of sp³-hybridized carbons (Fsp3) is 0.200. The van der Waals surface area contributed by atoms with Crippen LogP contribution in [0, 0.1) is 11.3 Å². The number of carbonyl (C=O) groups is 2. The average molecular weight is 235 g/mol. The minimum Gasteiger partial charge on any atom is -0.478 e. The highest BCUT2D eigenvalue weighted by atomic mass is 16.4. The third-order valence-corrected chi connectivity index (χ3v) is 1.92. The summed E-state index contributed by atoms with van der Waals surface area (Å²) in [7, 11) is 0.